The minimum Gasteiger partial charge on any atom is -0.495 e. The lowest BCUT2D eigenvalue weighted by Gasteiger charge is -2.15. The third-order valence-electron chi connectivity index (χ3n) is 1.94. The number of aliphatic hydroxyl groups excluding tert-OH is 1. The van der Waals surface area contributed by atoms with Gasteiger partial charge >= 0.3 is 6.36 Å². The molecule has 0 unspecified atom stereocenters. The van der Waals surface area contributed by atoms with Crippen LogP contribution in [0.15, 0.2) is 6.20 Å². The van der Waals surface area contributed by atoms with E-state index < -0.39 is 25.5 Å². The van der Waals surface area contributed by atoms with Gasteiger partial charge in [-0.1, -0.05) is 0 Å². The van der Waals surface area contributed by atoms with Gasteiger partial charge in [-0.05, 0) is 0 Å². The summed E-state index contributed by atoms with van der Waals surface area (Å²) < 4.78 is 57.0. The Morgan fingerprint density at radius 1 is 1.35 bits per heavy atom. The summed E-state index contributed by atoms with van der Waals surface area (Å²) in [5.74, 6) is -0.931. The van der Waals surface area contributed by atoms with E-state index in [1.165, 1.54) is 7.11 Å². The minimum absolute atomic E-state index is 0.0499. The zero-order chi connectivity index (χ0) is 13.1. The summed E-state index contributed by atoms with van der Waals surface area (Å²) in [4.78, 5) is 3.32. The van der Waals surface area contributed by atoms with Crippen molar-refractivity contribution in [2.24, 2.45) is 0 Å². The zero-order valence-electron chi connectivity index (χ0n) is 8.71. The van der Waals surface area contributed by atoms with Gasteiger partial charge in [0.1, 0.15) is 12.4 Å². The molecular formula is C9H9F4NO3. The Kier molecular flexibility index (Phi) is 4.11. The number of ether oxygens (including phenoxy) is 2. The number of hydrogen-bond acceptors (Lipinski definition) is 4. The van der Waals surface area contributed by atoms with Crippen LogP contribution in [0.2, 0.25) is 0 Å². The molecule has 0 radical (unpaired) electrons. The van der Waals surface area contributed by atoms with Crippen LogP contribution in [0.5, 0.6) is 11.6 Å². The van der Waals surface area contributed by atoms with Gasteiger partial charge in [0.15, 0.2) is 0 Å². The summed E-state index contributed by atoms with van der Waals surface area (Å²) in [5.41, 5.74) is -0.603. The average Bonchev–Trinajstić information content (AvgIpc) is 2.26. The molecular weight excluding hydrogens is 246 g/mol. The van der Waals surface area contributed by atoms with Gasteiger partial charge in [0, 0.05) is 11.1 Å². The standard InChI is InChI=1S/C9H9F4NO3/c1-16-7-3-14-8(17-9(11,12)13)6(4-15)5(7)2-10/h3,15H,2,4H2,1H3. The number of pyridine rings is 1. The summed E-state index contributed by atoms with van der Waals surface area (Å²) in [5, 5.41) is 8.94. The van der Waals surface area contributed by atoms with Gasteiger partial charge in [-0.3, -0.25) is 0 Å². The van der Waals surface area contributed by atoms with Crippen molar-refractivity contribution in [3.8, 4) is 11.6 Å². The monoisotopic (exact) mass is 255 g/mol. The first kappa shape index (κ1) is 13.5. The van der Waals surface area contributed by atoms with Crippen molar-refractivity contribution in [2.45, 2.75) is 19.6 Å². The fourth-order valence-electron chi connectivity index (χ4n) is 1.23. The Balaban J connectivity index is 3.23. The molecule has 4 nitrogen and oxygen atoms in total. The van der Waals surface area contributed by atoms with Gasteiger partial charge in [0.2, 0.25) is 5.88 Å². The number of methoxy groups -OCH3 is 1. The van der Waals surface area contributed by atoms with Gasteiger partial charge in [0.25, 0.3) is 0 Å². The van der Waals surface area contributed by atoms with Crippen LogP contribution in [0, 0.1) is 0 Å². The second-order valence-corrected chi connectivity index (χ2v) is 2.93. The van der Waals surface area contributed by atoms with Crippen molar-refractivity contribution in [2.75, 3.05) is 7.11 Å². The fraction of sp³-hybridized carbons (Fsp3) is 0.444. The molecule has 8 heteroatoms. The molecule has 1 rings (SSSR count). The molecule has 0 fully saturated rings. The summed E-state index contributed by atoms with van der Waals surface area (Å²) in [6.07, 6.45) is -4.06. The molecule has 0 spiro atoms. The van der Waals surface area contributed by atoms with Crippen LogP contribution in [0.1, 0.15) is 11.1 Å². The summed E-state index contributed by atoms with van der Waals surface area (Å²) >= 11 is 0. The van der Waals surface area contributed by atoms with Crippen molar-refractivity contribution in [3.05, 3.63) is 17.3 Å². The normalized spacial score (nSPS) is 11.4. The van der Waals surface area contributed by atoms with Crippen LogP contribution >= 0.6 is 0 Å². The number of halogens is 4. The maximum atomic E-state index is 12.7. The van der Waals surface area contributed by atoms with Crippen LogP contribution in [0.3, 0.4) is 0 Å². The average molecular weight is 255 g/mol. The van der Waals surface area contributed by atoms with E-state index in [0.717, 1.165) is 6.20 Å². The summed E-state index contributed by atoms with van der Waals surface area (Å²) in [7, 11) is 1.21. The highest BCUT2D eigenvalue weighted by molar-refractivity contribution is 5.43. The first-order chi connectivity index (χ1) is 7.92. The van der Waals surface area contributed by atoms with E-state index >= 15 is 0 Å². The molecule has 1 aromatic rings. The molecule has 0 aromatic carbocycles. The van der Waals surface area contributed by atoms with Crippen LogP contribution in [0.25, 0.3) is 0 Å². The molecule has 0 aliphatic rings. The lowest BCUT2D eigenvalue weighted by molar-refractivity contribution is -0.276. The molecule has 1 N–H and O–H groups in total. The third kappa shape index (κ3) is 3.19. The zero-order valence-corrected chi connectivity index (χ0v) is 8.71. The molecule has 1 heterocycles. The van der Waals surface area contributed by atoms with Crippen LogP contribution < -0.4 is 9.47 Å². The topological polar surface area (TPSA) is 51.6 Å². The number of aliphatic hydroxyl groups is 1. The first-order valence-corrected chi connectivity index (χ1v) is 4.40. The molecule has 1 aromatic heterocycles. The maximum Gasteiger partial charge on any atom is 0.574 e. The SMILES string of the molecule is COc1cnc(OC(F)(F)F)c(CO)c1CF. The predicted octanol–water partition coefficient (Wildman–Crippen LogP) is 1.95. The highest BCUT2D eigenvalue weighted by Gasteiger charge is 2.33. The van der Waals surface area contributed by atoms with E-state index in [2.05, 4.69) is 9.72 Å². The lowest BCUT2D eigenvalue weighted by atomic mass is 10.1. The number of nitrogens with zero attached hydrogens (tertiary/aromatic N) is 1. The van der Waals surface area contributed by atoms with E-state index in [1.54, 1.807) is 0 Å². The van der Waals surface area contributed by atoms with Gasteiger partial charge in [-0.15, -0.1) is 13.2 Å². The molecule has 96 valence electrons. The highest BCUT2D eigenvalue weighted by atomic mass is 19.4. The van der Waals surface area contributed by atoms with Crippen molar-refractivity contribution in [3.63, 3.8) is 0 Å². The molecule has 17 heavy (non-hydrogen) atoms. The van der Waals surface area contributed by atoms with Crippen LogP contribution in [-0.2, 0) is 13.3 Å². The minimum atomic E-state index is -4.96. The Morgan fingerprint density at radius 3 is 2.41 bits per heavy atom. The number of hydrogen-bond donors (Lipinski definition) is 1. The quantitative estimate of drug-likeness (QED) is 0.835. The highest BCUT2D eigenvalue weighted by Crippen LogP contribution is 2.32. The number of rotatable bonds is 4. The van der Waals surface area contributed by atoms with Gasteiger partial charge in [0.05, 0.1) is 19.9 Å². The van der Waals surface area contributed by atoms with Gasteiger partial charge in [-0.2, -0.15) is 0 Å². The van der Waals surface area contributed by atoms with E-state index in [1.807, 2.05) is 0 Å². The molecule has 0 aliphatic carbocycles. The lowest BCUT2D eigenvalue weighted by Crippen LogP contribution is -2.19. The van der Waals surface area contributed by atoms with Crippen LogP contribution in [-0.4, -0.2) is 23.6 Å². The second kappa shape index (κ2) is 5.17. The van der Waals surface area contributed by atoms with E-state index in [9.17, 15) is 17.6 Å². The van der Waals surface area contributed by atoms with Crippen molar-refractivity contribution in [1.29, 1.82) is 0 Å². The summed E-state index contributed by atoms with van der Waals surface area (Å²) in [6.45, 7) is -1.94. The largest absolute Gasteiger partial charge is 0.574 e. The number of alkyl halides is 4. The van der Waals surface area contributed by atoms with Crippen LogP contribution in [0.4, 0.5) is 17.6 Å². The molecule has 0 amide bonds. The summed E-state index contributed by atoms with van der Waals surface area (Å²) in [6, 6.07) is 0. The van der Waals surface area contributed by atoms with Crippen molar-refractivity contribution >= 4 is 0 Å². The molecule has 0 atom stereocenters. The van der Waals surface area contributed by atoms with Crippen molar-refractivity contribution < 1.29 is 32.1 Å². The molecule has 0 bridgehead atoms. The predicted molar refractivity (Wildman–Crippen MR) is 48.2 cm³/mol. The molecule has 0 saturated heterocycles. The number of aromatic nitrogens is 1. The van der Waals surface area contributed by atoms with E-state index in [4.69, 9.17) is 9.84 Å². The van der Waals surface area contributed by atoms with Crippen molar-refractivity contribution in [1.82, 2.24) is 4.98 Å². The Labute approximate surface area is 93.8 Å². The molecule has 0 aliphatic heterocycles. The Bertz CT molecular complexity index is 395. The Hall–Kier alpha value is -1.57. The smallest absolute Gasteiger partial charge is 0.495 e. The Morgan fingerprint density at radius 2 is 2.00 bits per heavy atom. The van der Waals surface area contributed by atoms with Gasteiger partial charge < -0.3 is 14.6 Å². The molecule has 0 saturated carbocycles. The first-order valence-electron chi connectivity index (χ1n) is 4.40. The maximum absolute atomic E-state index is 12.7. The van der Waals surface area contributed by atoms with Gasteiger partial charge in [-0.25, -0.2) is 9.37 Å². The third-order valence-corrected chi connectivity index (χ3v) is 1.94. The second-order valence-electron chi connectivity index (χ2n) is 2.93. The van der Waals surface area contributed by atoms with E-state index in [-0.39, 0.29) is 16.9 Å². The van der Waals surface area contributed by atoms with E-state index in [0.29, 0.717) is 0 Å². The fourth-order valence-corrected chi connectivity index (χ4v) is 1.23.